The van der Waals surface area contributed by atoms with Crippen molar-refractivity contribution < 1.29 is 9.59 Å². The smallest absolute Gasteiger partial charge is 0.312 e. The molecule has 2 atom stereocenters. The molecule has 2 rings (SSSR count). The van der Waals surface area contributed by atoms with Crippen molar-refractivity contribution in [2.24, 2.45) is 11.8 Å². The van der Waals surface area contributed by atoms with E-state index in [0.717, 1.165) is 12.0 Å². The normalized spacial score (nSPS) is 21.3. The molecule has 0 bridgehead atoms. The lowest BCUT2D eigenvalue weighted by atomic mass is 9.92. The number of piperidine rings is 1. The molecule has 2 amide bonds. The summed E-state index contributed by atoms with van der Waals surface area (Å²) in [5, 5.41) is 0. The highest BCUT2D eigenvalue weighted by molar-refractivity contribution is 6.35. The summed E-state index contributed by atoms with van der Waals surface area (Å²) < 4.78 is 0. The van der Waals surface area contributed by atoms with Gasteiger partial charge in [0.25, 0.3) is 0 Å². The average molecular weight is 316 g/mol. The number of carbonyl (C=O) groups is 2. The Balaban J connectivity index is 2.09. The minimum Gasteiger partial charge on any atom is -0.334 e. The summed E-state index contributed by atoms with van der Waals surface area (Å²) in [6.45, 7) is 10.0. The molecular weight excluding hydrogens is 288 g/mol. The van der Waals surface area contributed by atoms with Crippen molar-refractivity contribution in [3.63, 3.8) is 0 Å². The van der Waals surface area contributed by atoms with Crippen LogP contribution >= 0.6 is 0 Å². The molecular formula is C19H28N2O2. The summed E-state index contributed by atoms with van der Waals surface area (Å²) in [5.41, 5.74) is 1.04. The molecule has 23 heavy (non-hydrogen) atoms. The van der Waals surface area contributed by atoms with E-state index >= 15 is 0 Å². The van der Waals surface area contributed by atoms with Gasteiger partial charge < -0.3 is 9.80 Å². The molecule has 0 saturated carbocycles. The lowest BCUT2D eigenvalue weighted by Crippen LogP contribution is -2.51. The number of benzene rings is 1. The van der Waals surface area contributed by atoms with Gasteiger partial charge in [0.15, 0.2) is 0 Å². The van der Waals surface area contributed by atoms with E-state index in [4.69, 9.17) is 0 Å². The number of nitrogens with zero attached hydrogens (tertiary/aromatic N) is 2. The molecule has 0 radical (unpaired) electrons. The molecule has 2 unspecified atom stereocenters. The van der Waals surface area contributed by atoms with E-state index in [2.05, 4.69) is 13.8 Å². The fraction of sp³-hybridized carbons (Fsp3) is 0.579. The Hall–Kier alpha value is -1.84. The Kier molecular flexibility index (Phi) is 5.80. The topological polar surface area (TPSA) is 40.6 Å². The van der Waals surface area contributed by atoms with Gasteiger partial charge >= 0.3 is 11.8 Å². The first-order valence-electron chi connectivity index (χ1n) is 8.52. The van der Waals surface area contributed by atoms with Crippen molar-refractivity contribution in [2.75, 3.05) is 13.1 Å². The van der Waals surface area contributed by atoms with Crippen LogP contribution in [0.3, 0.4) is 0 Å². The molecule has 1 aliphatic heterocycles. The number of likely N-dealkylation sites (tertiary alicyclic amines) is 1. The van der Waals surface area contributed by atoms with Crippen molar-refractivity contribution >= 4 is 11.8 Å². The Bertz CT molecular complexity index is 532. The number of amides is 2. The van der Waals surface area contributed by atoms with Gasteiger partial charge in [0.05, 0.1) is 0 Å². The van der Waals surface area contributed by atoms with Gasteiger partial charge in [0.2, 0.25) is 0 Å². The van der Waals surface area contributed by atoms with Crippen molar-refractivity contribution in [1.29, 1.82) is 0 Å². The van der Waals surface area contributed by atoms with Crippen LogP contribution in [0.25, 0.3) is 0 Å². The predicted molar refractivity (Wildman–Crippen MR) is 91.7 cm³/mol. The Morgan fingerprint density at radius 1 is 1.13 bits per heavy atom. The Morgan fingerprint density at radius 2 is 1.70 bits per heavy atom. The maximum Gasteiger partial charge on any atom is 0.312 e. The molecule has 1 saturated heterocycles. The van der Waals surface area contributed by atoms with Gasteiger partial charge in [-0.2, -0.15) is 0 Å². The number of hydrogen-bond donors (Lipinski definition) is 0. The molecule has 126 valence electrons. The van der Waals surface area contributed by atoms with E-state index < -0.39 is 0 Å². The minimum absolute atomic E-state index is 0.00806. The van der Waals surface area contributed by atoms with Gasteiger partial charge in [-0.1, -0.05) is 44.2 Å². The number of rotatable bonds is 3. The van der Waals surface area contributed by atoms with Crippen LogP contribution in [-0.2, 0) is 16.1 Å². The molecule has 4 nitrogen and oxygen atoms in total. The quantitative estimate of drug-likeness (QED) is 0.805. The highest BCUT2D eigenvalue weighted by Crippen LogP contribution is 2.21. The summed E-state index contributed by atoms with van der Waals surface area (Å²) in [6, 6.07) is 9.82. The molecule has 0 aliphatic carbocycles. The van der Waals surface area contributed by atoms with Crippen molar-refractivity contribution in [1.82, 2.24) is 9.80 Å². The summed E-state index contributed by atoms with van der Waals surface area (Å²) in [6.07, 6.45) is 1.12. The summed E-state index contributed by atoms with van der Waals surface area (Å²) in [7, 11) is 0. The van der Waals surface area contributed by atoms with Crippen LogP contribution in [0.5, 0.6) is 0 Å². The van der Waals surface area contributed by atoms with Gasteiger partial charge in [-0.05, 0) is 37.7 Å². The van der Waals surface area contributed by atoms with Gasteiger partial charge in [-0.3, -0.25) is 9.59 Å². The maximum atomic E-state index is 12.7. The fourth-order valence-electron chi connectivity index (χ4n) is 3.36. The second kappa shape index (κ2) is 7.62. The third-order valence-corrected chi connectivity index (χ3v) is 4.42. The second-order valence-corrected chi connectivity index (χ2v) is 7.17. The van der Waals surface area contributed by atoms with Crippen molar-refractivity contribution in [3.8, 4) is 0 Å². The average Bonchev–Trinajstić information content (AvgIpc) is 2.51. The van der Waals surface area contributed by atoms with Crippen LogP contribution in [0.1, 0.15) is 39.7 Å². The summed E-state index contributed by atoms with van der Waals surface area (Å²) >= 11 is 0. The van der Waals surface area contributed by atoms with Crippen LogP contribution in [0.15, 0.2) is 30.3 Å². The van der Waals surface area contributed by atoms with Crippen molar-refractivity contribution in [2.45, 2.75) is 46.7 Å². The highest BCUT2D eigenvalue weighted by Gasteiger charge is 2.32. The fourth-order valence-corrected chi connectivity index (χ4v) is 3.36. The summed E-state index contributed by atoms with van der Waals surface area (Å²) in [5.74, 6) is 0.174. The molecule has 4 heteroatoms. The monoisotopic (exact) mass is 316 g/mol. The molecule has 1 fully saturated rings. The lowest BCUT2D eigenvalue weighted by molar-refractivity contribution is -0.154. The largest absolute Gasteiger partial charge is 0.334 e. The van der Waals surface area contributed by atoms with E-state index in [1.54, 1.807) is 9.80 Å². The first kappa shape index (κ1) is 17.5. The van der Waals surface area contributed by atoms with E-state index in [0.29, 0.717) is 31.5 Å². The molecule has 0 N–H and O–H groups in total. The molecule has 1 aromatic rings. The molecule has 1 heterocycles. The van der Waals surface area contributed by atoms with Gasteiger partial charge in [0, 0.05) is 25.7 Å². The Morgan fingerprint density at radius 3 is 2.22 bits per heavy atom. The zero-order valence-electron chi connectivity index (χ0n) is 14.7. The van der Waals surface area contributed by atoms with Crippen LogP contribution in [0.2, 0.25) is 0 Å². The first-order valence-corrected chi connectivity index (χ1v) is 8.52. The van der Waals surface area contributed by atoms with Gasteiger partial charge in [-0.25, -0.2) is 0 Å². The van der Waals surface area contributed by atoms with Crippen LogP contribution < -0.4 is 0 Å². The predicted octanol–water partition coefficient (Wildman–Crippen LogP) is 2.93. The Labute approximate surface area is 139 Å². The van der Waals surface area contributed by atoms with E-state index in [1.807, 2.05) is 44.2 Å². The van der Waals surface area contributed by atoms with Crippen LogP contribution in [0, 0.1) is 11.8 Å². The van der Waals surface area contributed by atoms with Gasteiger partial charge in [0.1, 0.15) is 0 Å². The lowest BCUT2D eigenvalue weighted by Gasteiger charge is -2.36. The highest BCUT2D eigenvalue weighted by atomic mass is 16.2. The maximum absolute atomic E-state index is 12.7. The second-order valence-electron chi connectivity index (χ2n) is 7.17. The molecule has 1 aromatic carbocycles. The third-order valence-electron chi connectivity index (χ3n) is 4.42. The molecule has 0 spiro atoms. The third kappa shape index (κ3) is 4.57. The SMILES string of the molecule is CC1CC(C)CN(C(=O)C(=O)N(Cc2ccccc2)C(C)C)C1. The number of carbonyl (C=O) groups excluding carboxylic acids is 2. The zero-order valence-corrected chi connectivity index (χ0v) is 14.7. The standard InChI is InChI=1S/C19H28N2O2/c1-14(2)21(13-17-8-6-5-7-9-17)19(23)18(22)20-11-15(3)10-16(4)12-20/h5-9,14-16H,10-13H2,1-4H3. The van der Waals surface area contributed by atoms with Gasteiger partial charge in [-0.15, -0.1) is 0 Å². The van der Waals surface area contributed by atoms with E-state index in [-0.39, 0.29) is 17.9 Å². The zero-order chi connectivity index (χ0) is 17.0. The van der Waals surface area contributed by atoms with Crippen molar-refractivity contribution in [3.05, 3.63) is 35.9 Å². The van der Waals surface area contributed by atoms with Crippen LogP contribution in [-0.4, -0.2) is 40.7 Å². The van der Waals surface area contributed by atoms with E-state index in [9.17, 15) is 9.59 Å². The first-order chi connectivity index (χ1) is 10.9. The minimum atomic E-state index is -0.384. The summed E-state index contributed by atoms with van der Waals surface area (Å²) in [4.78, 5) is 28.8. The van der Waals surface area contributed by atoms with E-state index in [1.165, 1.54) is 0 Å². The number of hydrogen-bond acceptors (Lipinski definition) is 2. The molecule has 0 aromatic heterocycles. The molecule has 1 aliphatic rings. The van der Waals surface area contributed by atoms with Crippen LogP contribution in [0.4, 0.5) is 0 Å².